The molecule has 2 N–H and O–H groups in total. The first-order valence-corrected chi connectivity index (χ1v) is 11.0. The molecule has 32 heavy (non-hydrogen) atoms. The van der Waals surface area contributed by atoms with Gasteiger partial charge in [0.15, 0.2) is 11.6 Å². The molecule has 1 aliphatic carbocycles. The van der Waals surface area contributed by atoms with E-state index in [1.165, 1.54) is 7.11 Å². The van der Waals surface area contributed by atoms with E-state index >= 15 is 0 Å². The number of hydrogen-bond donors (Lipinski definition) is 1. The van der Waals surface area contributed by atoms with E-state index in [9.17, 15) is 14.4 Å². The number of thioether (sulfide) groups is 1. The van der Waals surface area contributed by atoms with Gasteiger partial charge in [0, 0.05) is 26.3 Å². The number of nitrogens with two attached hydrogens (primary N) is 1. The predicted molar refractivity (Wildman–Crippen MR) is 127 cm³/mol. The molecular weight excluding hydrogens is 422 g/mol. The van der Waals surface area contributed by atoms with Gasteiger partial charge >= 0.3 is 5.97 Å². The summed E-state index contributed by atoms with van der Waals surface area (Å²) in [5, 5.41) is 0. The minimum absolute atomic E-state index is 0.0386. The van der Waals surface area contributed by atoms with Gasteiger partial charge in [0.25, 0.3) is 0 Å². The van der Waals surface area contributed by atoms with E-state index in [0.717, 1.165) is 4.90 Å². The van der Waals surface area contributed by atoms with Gasteiger partial charge in [-0.3, -0.25) is 9.59 Å². The second-order valence-electron chi connectivity index (χ2n) is 8.57. The summed E-state index contributed by atoms with van der Waals surface area (Å²) in [6.45, 7) is 6.39. The Morgan fingerprint density at radius 3 is 1.97 bits per heavy atom. The summed E-state index contributed by atoms with van der Waals surface area (Å²) in [7, 11) is 1.25. The van der Waals surface area contributed by atoms with Gasteiger partial charge in [0.1, 0.15) is 0 Å². The van der Waals surface area contributed by atoms with Gasteiger partial charge in [0.2, 0.25) is 0 Å². The summed E-state index contributed by atoms with van der Waals surface area (Å²) < 4.78 is 4.93. The number of carbonyl (C=O) groups excluding carboxylic acids is 3. The van der Waals surface area contributed by atoms with E-state index in [4.69, 9.17) is 10.5 Å². The van der Waals surface area contributed by atoms with Gasteiger partial charge < -0.3 is 10.5 Å². The number of esters is 1. The Bertz CT molecular complexity index is 1270. The molecule has 0 heterocycles. The van der Waals surface area contributed by atoms with Crippen LogP contribution in [-0.4, -0.2) is 29.4 Å². The number of anilines is 1. The molecule has 0 saturated carbocycles. The number of ether oxygens (including phenoxy) is 1. The molecule has 0 saturated heterocycles. The number of nitrogen functional groups attached to an aromatic ring is 1. The first-order chi connectivity index (χ1) is 15.1. The predicted octanol–water partition coefficient (Wildman–Crippen LogP) is 5.39. The van der Waals surface area contributed by atoms with E-state index in [1.807, 2.05) is 24.3 Å². The number of methoxy groups -OCH3 is 1. The highest BCUT2D eigenvalue weighted by atomic mass is 32.2. The number of carbonyl (C=O) groups is 3. The van der Waals surface area contributed by atoms with Crippen molar-refractivity contribution in [2.24, 2.45) is 0 Å². The van der Waals surface area contributed by atoms with Gasteiger partial charge in [-0.05, 0) is 29.3 Å². The van der Waals surface area contributed by atoms with Crippen LogP contribution in [0.5, 0.6) is 0 Å². The average molecular weight is 446 g/mol. The lowest BCUT2D eigenvalue weighted by Gasteiger charge is -2.23. The summed E-state index contributed by atoms with van der Waals surface area (Å²) in [6, 6.07) is 15.9. The molecule has 5 nitrogen and oxygen atoms in total. The largest absolute Gasteiger partial charge is 0.465 e. The van der Waals surface area contributed by atoms with Crippen LogP contribution in [0.4, 0.5) is 5.69 Å². The van der Waals surface area contributed by atoms with E-state index in [0.29, 0.717) is 16.7 Å². The lowest BCUT2D eigenvalue weighted by molar-refractivity contribution is 0.0601. The Labute approximate surface area is 191 Å². The van der Waals surface area contributed by atoms with Crippen LogP contribution in [-0.2, 0) is 4.74 Å². The van der Waals surface area contributed by atoms with Crippen molar-refractivity contribution in [3.8, 4) is 11.1 Å². The van der Waals surface area contributed by atoms with Crippen LogP contribution < -0.4 is 5.73 Å². The summed E-state index contributed by atoms with van der Waals surface area (Å²) in [5.41, 5.74) is 8.36. The zero-order valence-corrected chi connectivity index (χ0v) is 19.1. The SMILES string of the molecule is COC(=O)c1cc(-c2ccc(SC(C)(C)C)cc2)c2c(c1N)C(=O)c1ccccc1C2=O. The van der Waals surface area contributed by atoms with Crippen molar-refractivity contribution < 1.29 is 19.1 Å². The van der Waals surface area contributed by atoms with Crippen LogP contribution in [0, 0.1) is 0 Å². The fourth-order valence-corrected chi connectivity index (χ4v) is 4.86. The molecule has 6 heteroatoms. The highest BCUT2D eigenvalue weighted by Crippen LogP contribution is 2.40. The molecule has 0 spiro atoms. The van der Waals surface area contributed by atoms with Crippen molar-refractivity contribution in [1.29, 1.82) is 0 Å². The molecule has 4 rings (SSSR count). The average Bonchev–Trinajstić information content (AvgIpc) is 2.76. The highest BCUT2D eigenvalue weighted by Gasteiger charge is 2.35. The first-order valence-electron chi connectivity index (χ1n) is 10.1. The van der Waals surface area contributed by atoms with Crippen LogP contribution in [0.2, 0.25) is 0 Å². The third kappa shape index (κ3) is 3.71. The van der Waals surface area contributed by atoms with Crippen LogP contribution in [0.25, 0.3) is 11.1 Å². The highest BCUT2D eigenvalue weighted by molar-refractivity contribution is 8.00. The van der Waals surface area contributed by atoms with Gasteiger partial charge in [-0.2, -0.15) is 0 Å². The number of rotatable bonds is 3. The maximum absolute atomic E-state index is 13.5. The standard InChI is InChI=1S/C26H23NO4S/c1-26(2,3)32-15-11-9-14(10-12-15)18-13-19(25(30)31-4)22(27)21-20(18)23(28)16-7-5-6-8-17(16)24(21)29/h5-13H,27H2,1-4H3. The quantitative estimate of drug-likeness (QED) is 0.259. The van der Waals surface area contributed by atoms with Crippen LogP contribution in [0.1, 0.15) is 63.0 Å². The minimum atomic E-state index is -0.662. The fourth-order valence-electron chi connectivity index (χ4n) is 3.88. The van der Waals surface area contributed by atoms with E-state index in [2.05, 4.69) is 20.8 Å². The zero-order valence-electron chi connectivity index (χ0n) is 18.3. The Morgan fingerprint density at radius 1 is 0.875 bits per heavy atom. The number of ketones is 2. The van der Waals surface area contributed by atoms with Crippen molar-refractivity contribution in [2.45, 2.75) is 30.4 Å². The number of fused-ring (bicyclic) bond motifs is 2. The van der Waals surface area contributed by atoms with Gasteiger partial charge in [-0.15, -0.1) is 11.8 Å². The second kappa shape index (κ2) is 7.95. The molecule has 162 valence electrons. The molecule has 0 unspecified atom stereocenters. The number of benzene rings is 3. The van der Waals surface area contributed by atoms with Crippen molar-refractivity contribution in [3.63, 3.8) is 0 Å². The van der Waals surface area contributed by atoms with Crippen molar-refractivity contribution in [1.82, 2.24) is 0 Å². The van der Waals surface area contributed by atoms with Crippen LogP contribution in [0.3, 0.4) is 0 Å². The Balaban J connectivity index is 1.96. The number of hydrogen-bond acceptors (Lipinski definition) is 6. The van der Waals surface area contributed by atoms with Crippen molar-refractivity contribution in [2.75, 3.05) is 12.8 Å². The lowest BCUT2D eigenvalue weighted by atomic mass is 9.78. The molecule has 3 aromatic rings. The monoisotopic (exact) mass is 445 g/mol. The Morgan fingerprint density at radius 2 is 1.44 bits per heavy atom. The molecule has 0 amide bonds. The molecule has 0 aliphatic heterocycles. The first kappa shape index (κ1) is 21.8. The van der Waals surface area contributed by atoms with E-state index < -0.39 is 5.97 Å². The van der Waals surface area contributed by atoms with E-state index in [-0.39, 0.29) is 44.3 Å². The Hall–Kier alpha value is -3.38. The fraction of sp³-hybridized carbons (Fsp3) is 0.192. The third-order valence-electron chi connectivity index (χ3n) is 5.23. The second-order valence-corrected chi connectivity index (χ2v) is 10.5. The molecular formula is C26H23NO4S. The summed E-state index contributed by atoms with van der Waals surface area (Å²) in [4.78, 5) is 40.3. The van der Waals surface area contributed by atoms with Gasteiger partial charge in [-0.25, -0.2) is 4.79 Å². The topological polar surface area (TPSA) is 86.5 Å². The smallest absolute Gasteiger partial charge is 0.340 e. The summed E-state index contributed by atoms with van der Waals surface area (Å²) in [6.07, 6.45) is 0. The van der Waals surface area contributed by atoms with Crippen molar-refractivity contribution >= 4 is 35.0 Å². The van der Waals surface area contributed by atoms with Gasteiger partial charge in [-0.1, -0.05) is 57.2 Å². The minimum Gasteiger partial charge on any atom is -0.465 e. The molecule has 0 atom stereocenters. The molecule has 1 aliphatic rings. The lowest BCUT2D eigenvalue weighted by Crippen LogP contribution is -2.25. The molecule has 0 fully saturated rings. The molecule has 0 aromatic heterocycles. The maximum Gasteiger partial charge on any atom is 0.340 e. The van der Waals surface area contributed by atoms with Crippen molar-refractivity contribution in [3.05, 3.63) is 82.4 Å². The van der Waals surface area contributed by atoms with Gasteiger partial charge in [0.05, 0.1) is 23.9 Å². The molecule has 3 aromatic carbocycles. The maximum atomic E-state index is 13.5. The Kier molecular flexibility index (Phi) is 5.42. The zero-order chi connectivity index (χ0) is 23.2. The summed E-state index contributed by atoms with van der Waals surface area (Å²) in [5.74, 6) is -1.33. The normalized spacial score (nSPS) is 12.9. The summed E-state index contributed by atoms with van der Waals surface area (Å²) >= 11 is 1.72. The van der Waals surface area contributed by atoms with Crippen LogP contribution >= 0.6 is 11.8 Å². The van der Waals surface area contributed by atoms with E-state index in [1.54, 1.807) is 42.1 Å². The van der Waals surface area contributed by atoms with Crippen LogP contribution in [0.15, 0.2) is 59.5 Å². The third-order valence-corrected chi connectivity index (χ3v) is 6.35. The molecule has 0 bridgehead atoms. The molecule has 0 radical (unpaired) electrons.